The van der Waals surface area contributed by atoms with Crippen LogP contribution in [-0.2, 0) is 0 Å². The average Bonchev–Trinajstić information content (AvgIpc) is 3.12. The van der Waals surface area contributed by atoms with Crippen LogP contribution in [0.15, 0.2) is 55.0 Å². The SMILES string of the molecule is COc1ccc(-c2ccnc3[nH]nc(-c4cccnc4)c23)cc1OC. The van der Waals surface area contributed by atoms with E-state index in [1.54, 1.807) is 32.8 Å². The minimum absolute atomic E-state index is 0.677. The van der Waals surface area contributed by atoms with Crippen molar-refractivity contribution in [2.45, 2.75) is 0 Å². The summed E-state index contributed by atoms with van der Waals surface area (Å²) in [4.78, 5) is 8.58. The number of nitrogens with one attached hydrogen (secondary N) is 1. The summed E-state index contributed by atoms with van der Waals surface area (Å²) in [6, 6.07) is 11.7. The molecule has 0 saturated carbocycles. The summed E-state index contributed by atoms with van der Waals surface area (Å²) >= 11 is 0. The fraction of sp³-hybridized carbons (Fsp3) is 0.105. The Morgan fingerprint density at radius 2 is 1.80 bits per heavy atom. The number of hydrogen-bond donors (Lipinski definition) is 1. The summed E-state index contributed by atoms with van der Waals surface area (Å²) < 4.78 is 10.8. The first-order valence-electron chi connectivity index (χ1n) is 7.77. The van der Waals surface area contributed by atoms with Crippen molar-refractivity contribution in [3.8, 4) is 33.9 Å². The topological polar surface area (TPSA) is 72.9 Å². The average molecular weight is 332 g/mol. The maximum absolute atomic E-state index is 5.43. The van der Waals surface area contributed by atoms with Gasteiger partial charge in [-0.3, -0.25) is 10.1 Å². The fourth-order valence-electron chi connectivity index (χ4n) is 2.91. The van der Waals surface area contributed by atoms with Crippen LogP contribution in [0.3, 0.4) is 0 Å². The molecule has 0 aliphatic rings. The Balaban J connectivity index is 1.95. The van der Waals surface area contributed by atoms with Gasteiger partial charge in [0, 0.05) is 24.2 Å². The van der Waals surface area contributed by atoms with E-state index in [1.807, 2.05) is 36.4 Å². The van der Waals surface area contributed by atoms with Crippen molar-refractivity contribution < 1.29 is 9.47 Å². The van der Waals surface area contributed by atoms with Gasteiger partial charge in [0.1, 0.15) is 5.69 Å². The van der Waals surface area contributed by atoms with Crippen LogP contribution in [0.25, 0.3) is 33.4 Å². The van der Waals surface area contributed by atoms with Crippen molar-refractivity contribution in [1.29, 1.82) is 0 Å². The predicted molar refractivity (Wildman–Crippen MR) is 95.7 cm³/mol. The van der Waals surface area contributed by atoms with Gasteiger partial charge in [0.2, 0.25) is 0 Å². The summed E-state index contributed by atoms with van der Waals surface area (Å²) in [6.45, 7) is 0. The number of rotatable bonds is 4. The molecule has 25 heavy (non-hydrogen) atoms. The minimum Gasteiger partial charge on any atom is -0.493 e. The first-order valence-corrected chi connectivity index (χ1v) is 7.77. The maximum atomic E-state index is 5.43. The molecular formula is C19H16N4O2. The van der Waals surface area contributed by atoms with Crippen LogP contribution < -0.4 is 9.47 Å². The summed E-state index contributed by atoms with van der Waals surface area (Å²) in [5.41, 5.74) is 4.49. The van der Waals surface area contributed by atoms with Gasteiger partial charge in [-0.25, -0.2) is 4.98 Å². The maximum Gasteiger partial charge on any atom is 0.161 e. The molecule has 0 spiro atoms. The summed E-state index contributed by atoms with van der Waals surface area (Å²) in [6.07, 6.45) is 5.30. The number of pyridine rings is 2. The Kier molecular flexibility index (Phi) is 3.78. The highest BCUT2D eigenvalue weighted by Crippen LogP contribution is 2.37. The summed E-state index contributed by atoms with van der Waals surface area (Å²) in [7, 11) is 3.25. The molecule has 3 heterocycles. The third kappa shape index (κ3) is 2.57. The Bertz CT molecular complexity index is 1030. The number of aromatic amines is 1. The predicted octanol–water partition coefficient (Wildman–Crippen LogP) is 3.70. The molecule has 0 radical (unpaired) electrons. The Labute approximate surface area is 144 Å². The van der Waals surface area contributed by atoms with Gasteiger partial charge in [0.15, 0.2) is 17.1 Å². The molecule has 0 saturated heterocycles. The van der Waals surface area contributed by atoms with Crippen LogP contribution in [0.2, 0.25) is 0 Å². The van der Waals surface area contributed by atoms with E-state index < -0.39 is 0 Å². The zero-order valence-electron chi connectivity index (χ0n) is 13.9. The van der Waals surface area contributed by atoms with Gasteiger partial charge in [0.05, 0.1) is 19.6 Å². The van der Waals surface area contributed by atoms with Crippen LogP contribution in [0.4, 0.5) is 0 Å². The number of ether oxygens (including phenoxy) is 2. The highest BCUT2D eigenvalue weighted by molar-refractivity contribution is 6.02. The molecule has 4 aromatic rings. The van der Waals surface area contributed by atoms with Gasteiger partial charge in [-0.15, -0.1) is 0 Å². The molecule has 0 aliphatic carbocycles. The van der Waals surface area contributed by atoms with E-state index in [-0.39, 0.29) is 0 Å². The van der Waals surface area contributed by atoms with Gasteiger partial charge in [-0.2, -0.15) is 5.10 Å². The molecule has 3 aromatic heterocycles. The molecule has 0 atom stereocenters. The fourth-order valence-corrected chi connectivity index (χ4v) is 2.91. The normalized spacial score (nSPS) is 10.8. The Hall–Kier alpha value is -3.41. The number of methoxy groups -OCH3 is 2. The summed E-state index contributed by atoms with van der Waals surface area (Å²) in [5.74, 6) is 1.37. The largest absolute Gasteiger partial charge is 0.493 e. The van der Waals surface area contributed by atoms with E-state index in [0.29, 0.717) is 11.5 Å². The van der Waals surface area contributed by atoms with Crippen LogP contribution in [0, 0.1) is 0 Å². The lowest BCUT2D eigenvalue weighted by Crippen LogP contribution is -1.91. The monoisotopic (exact) mass is 332 g/mol. The highest BCUT2D eigenvalue weighted by Gasteiger charge is 2.16. The van der Waals surface area contributed by atoms with Crippen molar-refractivity contribution in [3.05, 3.63) is 55.0 Å². The lowest BCUT2D eigenvalue weighted by atomic mass is 10.00. The number of aromatic nitrogens is 4. The van der Waals surface area contributed by atoms with Gasteiger partial charge in [-0.1, -0.05) is 6.07 Å². The zero-order chi connectivity index (χ0) is 17.2. The van der Waals surface area contributed by atoms with E-state index in [4.69, 9.17) is 9.47 Å². The number of hydrogen-bond acceptors (Lipinski definition) is 5. The van der Waals surface area contributed by atoms with E-state index in [0.717, 1.165) is 33.4 Å². The standard InChI is InChI=1S/C19H16N4O2/c1-24-15-6-5-12(10-16(15)25-2)14-7-9-21-19-17(14)18(22-23-19)13-4-3-8-20-11-13/h3-11H,1-2H3,(H,21,22,23). The van der Waals surface area contributed by atoms with Crippen LogP contribution in [0.5, 0.6) is 11.5 Å². The third-order valence-electron chi connectivity index (χ3n) is 4.09. The smallest absolute Gasteiger partial charge is 0.161 e. The Morgan fingerprint density at radius 3 is 2.56 bits per heavy atom. The second kappa shape index (κ2) is 6.24. The van der Waals surface area contributed by atoms with Crippen LogP contribution in [-0.4, -0.2) is 34.4 Å². The van der Waals surface area contributed by atoms with E-state index in [9.17, 15) is 0 Å². The van der Waals surface area contributed by atoms with E-state index in [2.05, 4.69) is 20.2 Å². The second-order valence-electron chi connectivity index (χ2n) is 5.47. The number of benzene rings is 1. The molecule has 0 amide bonds. The van der Waals surface area contributed by atoms with Crippen molar-refractivity contribution >= 4 is 11.0 Å². The molecule has 0 unspecified atom stereocenters. The molecule has 6 nitrogen and oxygen atoms in total. The quantitative estimate of drug-likeness (QED) is 0.617. The molecule has 0 bridgehead atoms. The number of nitrogens with zero attached hydrogens (tertiary/aromatic N) is 3. The molecule has 124 valence electrons. The van der Waals surface area contributed by atoms with Gasteiger partial charge >= 0.3 is 0 Å². The highest BCUT2D eigenvalue weighted by atomic mass is 16.5. The van der Waals surface area contributed by atoms with Crippen LogP contribution in [0.1, 0.15) is 0 Å². The second-order valence-corrected chi connectivity index (χ2v) is 5.47. The van der Waals surface area contributed by atoms with E-state index in [1.165, 1.54) is 0 Å². The van der Waals surface area contributed by atoms with Crippen molar-refractivity contribution in [3.63, 3.8) is 0 Å². The van der Waals surface area contributed by atoms with Crippen molar-refractivity contribution in [1.82, 2.24) is 20.2 Å². The van der Waals surface area contributed by atoms with E-state index >= 15 is 0 Å². The molecule has 0 aliphatic heterocycles. The van der Waals surface area contributed by atoms with Gasteiger partial charge in [-0.05, 0) is 41.5 Å². The van der Waals surface area contributed by atoms with Crippen molar-refractivity contribution in [2.75, 3.05) is 14.2 Å². The zero-order valence-corrected chi connectivity index (χ0v) is 13.9. The third-order valence-corrected chi connectivity index (χ3v) is 4.09. The molecule has 0 fully saturated rings. The van der Waals surface area contributed by atoms with Crippen molar-refractivity contribution in [2.24, 2.45) is 0 Å². The summed E-state index contributed by atoms with van der Waals surface area (Å²) in [5, 5.41) is 8.39. The minimum atomic E-state index is 0.677. The molecule has 6 heteroatoms. The molecular weight excluding hydrogens is 316 g/mol. The number of fused-ring (bicyclic) bond motifs is 1. The van der Waals surface area contributed by atoms with Gasteiger partial charge in [0.25, 0.3) is 0 Å². The molecule has 4 rings (SSSR count). The number of H-pyrrole nitrogens is 1. The Morgan fingerprint density at radius 1 is 0.920 bits per heavy atom. The lowest BCUT2D eigenvalue weighted by molar-refractivity contribution is 0.355. The first-order chi connectivity index (χ1) is 12.3. The molecule has 1 N–H and O–H groups in total. The first kappa shape index (κ1) is 15.1. The lowest BCUT2D eigenvalue weighted by Gasteiger charge is -2.10. The van der Waals surface area contributed by atoms with Gasteiger partial charge < -0.3 is 9.47 Å². The van der Waals surface area contributed by atoms with Crippen LogP contribution >= 0.6 is 0 Å². The molecule has 1 aromatic carbocycles.